The van der Waals surface area contributed by atoms with Crippen molar-refractivity contribution in [3.05, 3.63) is 11.2 Å². The number of rotatable bonds is 10. The van der Waals surface area contributed by atoms with Crippen molar-refractivity contribution in [2.75, 3.05) is 36.8 Å². The maximum atomic E-state index is 12.4. The number of carbonyl (C=O) groups excluding carboxylic acids is 2. The van der Waals surface area contributed by atoms with E-state index in [-0.39, 0.29) is 29.8 Å². The average molecular weight is 471 g/mol. The smallest absolute Gasteiger partial charge is 0.317 e. The lowest BCUT2D eigenvalue weighted by Gasteiger charge is -2.40. The molecule has 1 unspecified atom stereocenters. The standard InChI is InChI=1S/C21H35ClN6O2S/c1-5-6-7-8-9-23-19(29)14-31-20-25-17(22)12-18(26-20)27-10-11-28(16(4)13-27)21(30)24-15(2)3/h12,15-16H,5-11,13-14H2,1-4H3,(H,23,29)(H,24,30). The lowest BCUT2D eigenvalue weighted by molar-refractivity contribution is -0.118. The molecule has 0 radical (unpaired) electrons. The van der Waals surface area contributed by atoms with Gasteiger partial charge in [0.2, 0.25) is 5.91 Å². The van der Waals surface area contributed by atoms with Gasteiger partial charge in [-0.2, -0.15) is 0 Å². The molecule has 8 nitrogen and oxygen atoms in total. The van der Waals surface area contributed by atoms with Crippen LogP contribution in [0.3, 0.4) is 0 Å². The number of nitrogens with one attached hydrogen (secondary N) is 2. The van der Waals surface area contributed by atoms with Crippen molar-refractivity contribution < 1.29 is 9.59 Å². The quantitative estimate of drug-likeness (QED) is 0.235. The van der Waals surface area contributed by atoms with Gasteiger partial charge in [-0.3, -0.25) is 4.79 Å². The normalized spacial score (nSPS) is 16.5. The van der Waals surface area contributed by atoms with Crippen LogP contribution in [-0.4, -0.2) is 70.8 Å². The average Bonchev–Trinajstić information content (AvgIpc) is 2.71. The summed E-state index contributed by atoms with van der Waals surface area (Å²) in [4.78, 5) is 37.2. The Morgan fingerprint density at radius 3 is 2.71 bits per heavy atom. The summed E-state index contributed by atoms with van der Waals surface area (Å²) in [5, 5.41) is 6.71. The first-order chi connectivity index (χ1) is 14.8. The van der Waals surface area contributed by atoms with E-state index in [1.54, 1.807) is 6.07 Å². The van der Waals surface area contributed by atoms with Gasteiger partial charge < -0.3 is 20.4 Å². The van der Waals surface area contributed by atoms with E-state index in [2.05, 4.69) is 32.4 Å². The first kappa shape index (κ1) is 25.5. The third-order valence-corrected chi connectivity index (χ3v) is 6.01. The van der Waals surface area contributed by atoms with E-state index in [4.69, 9.17) is 11.6 Å². The van der Waals surface area contributed by atoms with Crippen LogP contribution in [0.15, 0.2) is 11.2 Å². The highest BCUT2D eigenvalue weighted by Gasteiger charge is 2.28. The zero-order chi connectivity index (χ0) is 22.8. The molecule has 3 amide bonds. The maximum Gasteiger partial charge on any atom is 0.317 e. The van der Waals surface area contributed by atoms with Crippen LogP contribution in [0.5, 0.6) is 0 Å². The van der Waals surface area contributed by atoms with Gasteiger partial charge in [-0.15, -0.1) is 0 Å². The van der Waals surface area contributed by atoms with Crippen LogP contribution in [0.2, 0.25) is 5.15 Å². The number of anilines is 1. The minimum atomic E-state index is -0.0418. The lowest BCUT2D eigenvalue weighted by Crippen LogP contribution is -2.57. The molecule has 0 saturated carbocycles. The number of thioether (sulfide) groups is 1. The number of piperazine rings is 1. The molecule has 0 spiro atoms. The highest BCUT2D eigenvalue weighted by atomic mass is 35.5. The van der Waals surface area contributed by atoms with Gasteiger partial charge in [0, 0.05) is 44.3 Å². The van der Waals surface area contributed by atoms with Crippen molar-refractivity contribution in [3.8, 4) is 0 Å². The van der Waals surface area contributed by atoms with E-state index in [0.29, 0.717) is 36.5 Å². The lowest BCUT2D eigenvalue weighted by atomic mass is 10.2. The molecule has 2 heterocycles. The van der Waals surface area contributed by atoms with E-state index in [1.807, 2.05) is 25.7 Å². The predicted molar refractivity (Wildman–Crippen MR) is 127 cm³/mol. The number of hydrogen-bond acceptors (Lipinski definition) is 6. The maximum absolute atomic E-state index is 12.4. The highest BCUT2D eigenvalue weighted by Crippen LogP contribution is 2.24. The summed E-state index contributed by atoms with van der Waals surface area (Å²) >= 11 is 7.51. The van der Waals surface area contributed by atoms with E-state index < -0.39 is 0 Å². The molecule has 0 aromatic carbocycles. The Morgan fingerprint density at radius 1 is 1.26 bits per heavy atom. The van der Waals surface area contributed by atoms with Gasteiger partial charge in [0.25, 0.3) is 0 Å². The molecule has 1 atom stereocenters. The molecular weight excluding hydrogens is 436 g/mol. The van der Waals surface area contributed by atoms with Gasteiger partial charge in [-0.25, -0.2) is 14.8 Å². The number of aromatic nitrogens is 2. The van der Waals surface area contributed by atoms with Crippen molar-refractivity contribution >= 4 is 41.1 Å². The number of amides is 3. The third kappa shape index (κ3) is 8.73. The molecular formula is C21H35ClN6O2S. The van der Waals surface area contributed by atoms with Crippen LogP contribution >= 0.6 is 23.4 Å². The van der Waals surface area contributed by atoms with E-state index in [9.17, 15) is 9.59 Å². The third-order valence-electron chi connectivity index (χ3n) is 4.97. The first-order valence-corrected chi connectivity index (χ1v) is 12.4. The zero-order valence-electron chi connectivity index (χ0n) is 19.0. The minimum absolute atomic E-state index is 0.0231. The fraction of sp³-hybridized carbons (Fsp3) is 0.714. The molecule has 1 fully saturated rings. The Bertz CT molecular complexity index is 736. The molecule has 1 aliphatic rings. The second-order valence-electron chi connectivity index (χ2n) is 8.12. The molecule has 1 aromatic rings. The molecule has 31 heavy (non-hydrogen) atoms. The number of carbonyl (C=O) groups is 2. The number of urea groups is 1. The molecule has 174 valence electrons. The van der Waals surface area contributed by atoms with Gasteiger partial charge >= 0.3 is 6.03 Å². The summed E-state index contributed by atoms with van der Waals surface area (Å²) < 4.78 is 0. The van der Waals surface area contributed by atoms with Crippen molar-refractivity contribution in [3.63, 3.8) is 0 Å². The molecule has 10 heteroatoms. The molecule has 2 rings (SSSR count). The SMILES string of the molecule is CCCCCCNC(=O)CSc1nc(Cl)cc(N2CCN(C(=O)NC(C)C)C(C)C2)n1. The van der Waals surface area contributed by atoms with Crippen molar-refractivity contribution in [2.24, 2.45) is 0 Å². The fourth-order valence-electron chi connectivity index (χ4n) is 3.37. The number of nitrogens with zero attached hydrogens (tertiary/aromatic N) is 4. The van der Waals surface area contributed by atoms with Gasteiger partial charge in [0.1, 0.15) is 11.0 Å². The summed E-state index contributed by atoms with van der Waals surface area (Å²) in [7, 11) is 0. The Labute approximate surface area is 194 Å². The van der Waals surface area contributed by atoms with Crippen molar-refractivity contribution in [1.29, 1.82) is 0 Å². The first-order valence-electron chi connectivity index (χ1n) is 11.1. The van der Waals surface area contributed by atoms with Crippen LogP contribution in [0.4, 0.5) is 10.6 Å². The molecule has 1 aliphatic heterocycles. The largest absolute Gasteiger partial charge is 0.355 e. The molecule has 0 bridgehead atoms. The second kappa shape index (κ2) is 13.0. The monoisotopic (exact) mass is 470 g/mol. The van der Waals surface area contributed by atoms with Gasteiger partial charge in [0.15, 0.2) is 5.16 Å². The van der Waals surface area contributed by atoms with Crippen LogP contribution in [0.25, 0.3) is 0 Å². The Morgan fingerprint density at radius 2 is 2.03 bits per heavy atom. The summed E-state index contributed by atoms with van der Waals surface area (Å²) in [5.74, 6) is 0.955. The number of unbranched alkanes of at least 4 members (excludes halogenated alkanes) is 3. The molecule has 0 aliphatic carbocycles. The Kier molecular flexibility index (Phi) is 10.7. The Hall–Kier alpha value is -1.74. The molecule has 1 saturated heterocycles. The van der Waals surface area contributed by atoms with Crippen LogP contribution < -0.4 is 15.5 Å². The van der Waals surface area contributed by atoms with Crippen molar-refractivity contribution in [1.82, 2.24) is 25.5 Å². The van der Waals surface area contributed by atoms with E-state index >= 15 is 0 Å². The summed E-state index contributed by atoms with van der Waals surface area (Å²) in [6.07, 6.45) is 4.51. The van der Waals surface area contributed by atoms with Crippen LogP contribution in [0, 0.1) is 0 Å². The fourth-order valence-corrected chi connectivity index (χ4v) is 4.28. The Balaban J connectivity index is 1.88. The number of halogens is 1. The number of hydrogen-bond donors (Lipinski definition) is 2. The summed E-state index contributed by atoms with van der Waals surface area (Å²) in [5.41, 5.74) is 0. The van der Waals surface area contributed by atoms with Crippen LogP contribution in [-0.2, 0) is 4.79 Å². The van der Waals surface area contributed by atoms with Gasteiger partial charge in [-0.1, -0.05) is 49.5 Å². The minimum Gasteiger partial charge on any atom is -0.355 e. The van der Waals surface area contributed by atoms with Gasteiger partial charge in [0.05, 0.1) is 5.75 Å². The van der Waals surface area contributed by atoms with E-state index in [1.165, 1.54) is 24.6 Å². The second-order valence-corrected chi connectivity index (χ2v) is 9.45. The topological polar surface area (TPSA) is 90.5 Å². The van der Waals surface area contributed by atoms with Crippen LogP contribution in [0.1, 0.15) is 53.4 Å². The molecule has 2 N–H and O–H groups in total. The van der Waals surface area contributed by atoms with Crippen molar-refractivity contribution in [2.45, 2.75) is 70.6 Å². The van der Waals surface area contributed by atoms with E-state index in [0.717, 1.165) is 18.7 Å². The summed E-state index contributed by atoms with van der Waals surface area (Å²) in [6.45, 7) is 10.7. The highest BCUT2D eigenvalue weighted by molar-refractivity contribution is 7.99. The molecule has 1 aromatic heterocycles. The predicted octanol–water partition coefficient (Wildman–Crippen LogP) is 3.55. The summed E-state index contributed by atoms with van der Waals surface area (Å²) in [6, 6.07) is 1.83. The van der Waals surface area contributed by atoms with Gasteiger partial charge in [-0.05, 0) is 27.2 Å². The zero-order valence-corrected chi connectivity index (χ0v) is 20.6.